The maximum absolute atomic E-state index is 11.0. The number of unbranched alkanes of at least 4 members (excludes halogenated alkanes) is 1. The number of para-hydroxylation sites is 1. The number of hydrogen-bond donors (Lipinski definition) is 2. The van der Waals surface area contributed by atoms with Crippen molar-refractivity contribution in [2.75, 3.05) is 26.2 Å². The average Bonchev–Trinajstić information content (AvgIpc) is 2.48. The van der Waals surface area contributed by atoms with Gasteiger partial charge in [-0.25, -0.2) is 0 Å². The van der Waals surface area contributed by atoms with Crippen LogP contribution in [0.3, 0.4) is 0 Å². The summed E-state index contributed by atoms with van der Waals surface area (Å²) < 4.78 is 5.77. The second-order valence-electron chi connectivity index (χ2n) is 5.11. The molecule has 0 bridgehead atoms. The lowest BCUT2D eigenvalue weighted by Crippen LogP contribution is -2.35. The van der Waals surface area contributed by atoms with E-state index in [1.165, 1.54) is 0 Å². The highest BCUT2D eigenvalue weighted by molar-refractivity contribution is 5.75. The van der Waals surface area contributed by atoms with Crippen LogP contribution in [0.4, 0.5) is 0 Å². The third-order valence-corrected chi connectivity index (χ3v) is 3.28. The Morgan fingerprint density at radius 1 is 1.24 bits per heavy atom. The molecule has 0 aliphatic rings. The maximum atomic E-state index is 11.0. The van der Waals surface area contributed by atoms with Crippen LogP contribution in [-0.4, -0.2) is 37.0 Å². The van der Waals surface area contributed by atoms with Gasteiger partial charge in [-0.05, 0) is 25.5 Å². The van der Waals surface area contributed by atoms with Crippen LogP contribution >= 0.6 is 0 Å². The van der Waals surface area contributed by atoms with Crippen LogP contribution in [0.1, 0.15) is 31.7 Å². The van der Waals surface area contributed by atoms with E-state index in [2.05, 4.69) is 11.8 Å². The molecule has 0 spiro atoms. The van der Waals surface area contributed by atoms with E-state index in [-0.39, 0.29) is 5.91 Å². The molecule has 0 aliphatic carbocycles. The van der Waals surface area contributed by atoms with Gasteiger partial charge in [0, 0.05) is 18.7 Å². The first-order valence-electron chi connectivity index (χ1n) is 7.58. The van der Waals surface area contributed by atoms with Gasteiger partial charge in [0.25, 0.3) is 0 Å². The topological polar surface area (TPSA) is 81.6 Å². The normalized spacial score (nSPS) is 10.8. The molecule has 1 aromatic rings. The summed E-state index contributed by atoms with van der Waals surface area (Å²) >= 11 is 0. The van der Waals surface area contributed by atoms with Crippen molar-refractivity contribution in [1.82, 2.24) is 4.90 Å². The van der Waals surface area contributed by atoms with Crippen LogP contribution in [0.15, 0.2) is 24.3 Å². The zero-order valence-corrected chi connectivity index (χ0v) is 12.9. The summed E-state index contributed by atoms with van der Waals surface area (Å²) in [7, 11) is 0. The van der Waals surface area contributed by atoms with Gasteiger partial charge in [0.2, 0.25) is 5.91 Å². The van der Waals surface area contributed by atoms with Crippen molar-refractivity contribution in [2.45, 2.75) is 32.7 Å². The van der Waals surface area contributed by atoms with Crippen molar-refractivity contribution in [2.24, 2.45) is 11.5 Å². The van der Waals surface area contributed by atoms with Gasteiger partial charge < -0.3 is 16.2 Å². The molecule has 21 heavy (non-hydrogen) atoms. The number of carbonyl (C=O) groups excluding carboxylic acids is 1. The predicted octanol–water partition coefficient (Wildman–Crippen LogP) is 1.50. The van der Waals surface area contributed by atoms with E-state index in [4.69, 9.17) is 16.2 Å². The smallest absolute Gasteiger partial charge is 0.231 e. The number of benzene rings is 1. The SMILES string of the molecule is CCCCN(CCCOc1ccccc1CN)CC(N)=O. The molecule has 0 saturated carbocycles. The van der Waals surface area contributed by atoms with Crippen molar-refractivity contribution < 1.29 is 9.53 Å². The Hall–Kier alpha value is -1.59. The molecule has 0 fully saturated rings. The fourth-order valence-corrected chi connectivity index (χ4v) is 2.16. The highest BCUT2D eigenvalue weighted by atomic mass is 16.5. The largest absolute Gasteiger partial charge is 0.493 e. The number of primary amides is 1. The van der Waals surface area contributed by atoms with Crippen LogP contribution in [-0.2, 0) is 11.3 Å². The minimum Gasteiger partial charge on any atom is -0.493 e. The van der Waals surface area contributed by atoms with Gasteiger partial charge in [-0.2, -0.15) is 0 Å². The van der Waals surface area contributed by atoms with E-state index >= 15 is 0 Å². The van der Waals surface area contributed by atoms with Crippen molar-refractivity contribution in [3.63, 3.8) is 0 Å². The molecule has 1 amide bonds. The lowest BCUT2D eigenvalue weighted by atomic mass is 10.2. The third-order valence-electron chi connectivity index (χ3n) is 3.28. The fraction of sp³-hybridized carbons (Fsp3) is 0.562. The first kappa shape index (κ1) is 17.5. The Morgan fingerprint density at radius 3 is 2.62 bits per heavy atom. The number of ether oxygens (including phenoxy) is 1. The Bertz CT molecular complexity index is 424. The minimum atomic E-state index is -0.277. The van der Waals surface area contributed by atoms with Gasteiger partial charge in [0.15, 0.2) is 0 Å². The summed E-state index contributed by atoms with van der Waals surface area (Å²) in [5.41, 5.74) is 12.0. The van der Waals surface area contributed by atoms with Crippen LogP contribution in [0.25, 0.3) is 0 Å². The summed E-state index contributed by atoms with van der Waals surface area (Å²) in [5.74, 6) is 0.565. The highest BCUT2D eigenvalue weighted by Gasteiger charge is 2.08. The predicted molar refractivity (Wildman–Crippen MR) is 85.0 cm³/mol. The van der Waals surface area contributed by atoms with Crippen molar-refractivity contribution in [3.8, 4) is 5.75 Å². The molecule has 118 valence electrons. The molecule has 0 heterocycles. The quantitative estimate of drug-likeness (QED) is 0.606. The van der Waals surface area contributed by atoms with Gasteiger partial charge in [0.1, 0.15) is 5.75 Å². The van der Waals surface area contributed by atoms with Gasteiger partial charge in [-0.1, -0.05) is 31.5 Å². The standard InChI is InChI=1S/C16H27N3O2/c1-2-3-9-19(13-16(18)20)10-6-11-21-15-8-5-4-7-14(15)12-17/h4-5,7-8H,2-3,6,9-13,17H2,1H3,(H2,18,20). The van der Waals surface area contributed by atoms with Gasteiger partial charge in [-0.15, -0.1) is 0 Å². The molecule has 5 nitrogen and oxygen atoms in total. The summed E-state index contributed by atoms with van der Waals surface area (Å²) in [5, 5.41) is 0. The first-order valence-corrected chi connectivity index (χ1v) is 7.58. The van der Waals surface area contributed by atoms with Crippen LogP contribution in [0.5, 0.6) is 5.75 Å². The molecule has 1 aromatic carbocycles. The number of rotatable bonds is 11. The van der Waals surface area contributed by atoms with Crippen molar-refractivity contribution in [3.05, 3.63) is 29.8 Å². The zero-order valence-electron chi connectivity index (χ0n) is 12.9. The molecular formula is C16H27N3O2. The van der Waals surface area contributed by atoms with E-state index in [0.29, 0.717) is 19.7 Å². The molecule has 0 saturated heterocycles. The molecule has 0 atom stereocenters. The molecule has 0 unspecified atom stereocenters. The number of nitrogens with two attached hydrogens (primary N) is 2. The molecule has 5 heteroatoms. The lowest BCUT2D eigenvalue weighted by Gasteiger charge is -2.20. The number of carbonyl (C=O) groups is 1. The fourth-order valence-electron chi connectivity index (χ4n) is 2.16. The van der Waals surface area contributed by atoms with Gasteiger partial charge >= 0.3 is 0 Å². The summed E-state index contributed by atoms with van der Waals surface area (Å²) in [6, 6.07) is 7.79. The van der Waals surface area contributed by atoms with E-state index < -0.39 is 0 Å². The molecule has 1 rings (SSSR count). The number of nitrogens with zero attached hydrogens (tertiary/aromatic N) is 1. The van der Waals surface area contributed by atoms with E-state index in [1.54, 1.807) is 0 Å². The highest BCUT2D eigenvalue weighted by Crippen LogP contribution is 2.17. The summed E-state index contributed by atoms with van der Waals surface area (Å²) in [4.78, 5) is 13.1. The van der Waals surface area contributed by atoms with Crippen molar-refractivity contribution in [1.29, 1.82) is 0 Å². The Balaban J connectivity index is 2.34. The Kier molecular flexibility index (Phi) is 8.47. The van der Waals surface area contributed by atoms with E-state index in [1.807, 2.05) is 24.3 Å². The van der Waals surface area contributed by atoms with Crippen LogP contribution < -0.4 is 16.2 Å². The number of hydrogen-bond acceptors (Lipinski definition) is 4. The first-order chi connectivity index (χ1) is 10.2. The minimum absolute atomic E-state index is 0.277. The summed E-state index contributed by atoms with van der Waals surface area (Å²) in [6.07, 6.45) is 3.04. The monoisotopic (exact) mass is 293 g/mol. The van der Waals surface area contributed by atoms with Crippen LogP contribution in [0.2, 0.25) is 0 Å². The molecule has 4 N–H and O–H groups in total. The molecular weight excluding hydrogens is 266 g/mol. The van der Waals surface area contributed by atoms with E-state index in [9.17, 15) is 4.79 Å². The van der Waals surface area contributed by atoms with Gasteiger partial charge in [-0.3, -0.25) is 9.69 Å². The molecule has 0 aliphatic heterocycles. The second-order valence-corrected chi connectivity index (χ2v) is 5.11. The maximum Gasteiger partial charge on any atom is 0.231 e. The average molecular weight is 293 g/mol. The number of amides is 1. The molecule has 0 aromatic heterocycles. The van der Waals surface area contributed by atoms with Gasteiger partial charge in [0.05, 0.1) is 13.2 Å². The second kappa shape index (κ2) is 10.2. The molecule has 0 radical (unpaired) electrons. The van der Waals surface area contributed by atoms with Crippen LogP contribution in [0, 0.1) is 0 Å². The Morgan fingerprint density at radius 2 is 1.95 bits per heavy atom. The zero-order chi connectivity index (χ0) is 15.5. The third kappa shape index (κ3) is 7.11. The summed E-state index contributed by atoms with van der Waals surface area (Å²) in [6.45, 7) is 5.25. The lowest BCUT2D eigenvalue weighted by molar-refractivity contribution is -0.119. The van der Waals surface area contributed by atoms with E-state index in [0.717, 1.165) is 43.7 Å². The van der Waals surface area contributed by atoms with Crippen molar-refractivity contribution >= 4 is 5.91 Å². The Labute approximate surface area is 127 Å².